The maximum atomic E-state index is 12.7. The topological polar surface area (TPSA) is 35.6 Å². The van der Waals surface area contributed by atoms with Crippen LogP contribution in [0.2, 0.25) is 0 Å². The molecule has 2 aliphatic heterocycles. The number of nitrogens with zero attached hydrogens (tertiary/aromatic N) is 2. The molecule has 0 spiro atoms. The summed E-state index contributed by atoms with van der Waals surface area (Å²) < 4.78 is 0. The van der Waals surface area contributed by atoms with Crippen molar-refractivity contribution >= 4 is 5.91 Å². The summed E-state index contributed by atoms with van der Waals surface area (Å²) in [7, 11) is 0. The molecule has 1 saturated carbocycles. The molecular formula is C27H35N3O. The molecule has 0 radical (unpaired) electrons. The molecule has 2 fully saturated rings. The van der Waals surface area contributed by atoms with Crippen molar-refractivity contribution in [2.75, 3.05) is 26.2 Å². The lowest BCUT2D eigenvalue weighted by Gasteiger charge is -2.45. The Morgan fingerprint density at radius 2 is 1.65 bits per heavy atom. The van der Waals surface area contributed by atoms with Crippen molar-refractivity contribution in [2.45, 2.75) is 63.1 Å². The van der Waals surface area contributed by atoms with Gasteiger partial charge < -0.3 is 10.2 Å². The molecule has 1 aliphatic carbocycles. The number of hydrogen-bond acceptors (Lipinski definition) is 3. The molecule has 1 atom stereocenters. The molecule has 2 heterocycles. The fraction of sp³-hybridized carbons (Fsp3) is 0.519. The molecule has 1 N–H and O–H groups in total. The summed E-state index contributed by atoms with van der Waals surface area (Å²) in [5.74, 6) is 0.231. The van der Waals surface area contributed by atoms with Crippen molar-refractivity contribution in [1.82, 2.24) is 15.1 Å². The van der Waals surface area contributed by atoms with Crippen molar-refractivity contribution in [1.29, 1.82) is 0 Å². The highest BCUT2D eigenvalue weighted by Crippen LogP contribution is 2.36. The van der Waals surface area contributed by atoms with E-state index in [1.165, 1.54) is 29.5 Å². The van der Waals surface area contributed by atoms with Crippen LogP contribution in [0.15, 0.2) is 54.6 Å². The first-order valence-electron chi connectivity index (χ1n) is 12.2. The summed E-state index contributed by atoms with van der Waals surface area (Å²) in [4.78, 5) is 18.0. The summed E-state index contributed by atoms with van der Waals surface area (Å²) in [5, 5.41) is 3.22. The molecule has 1 amide bonds. The summed E-state index contributed by atoms with van der Waals surface area (Å²) >= 11 is 0. The number of nitrogens with one attached hydrogen (secondary N) is 1. The molecule has 0 bridgehead atoms. The Bertz CT molecular complexity index is 871. The monoisotopic (exact) mass is 417 g/mol. The number of likely N-dealkylation sites (tertiary alicyclic amines) is 1. The highest BCUT2D eigenvalue weighted by Gasteiger charge is 2.35. The van der Waals surface area contributed by atoms with E-state index < -0.39 is 0 Å². The Morgan fingerprint density at radius 1 is 0.903 bits per heavy atom. The first-order valence-corrected chi connectivity index (χ1v) is 12.2. The Morgan fingerprint density at radius 3 is 2.42 bits per heavy atom. The summed E-state index contributed by atoms with van der Waals surface area (Å²) in [6, 6.07) is 20.9. The molecule has 31 heavy (non-hydrogen) atoms. The van der Waals surface area contributed by atoms with Gasteiger partial charge in [-0.2, -0.15) is 0 Å². The molecule has 0 aromatic heterocycles. The molecular weight excluding hydrogens is 382 g/mol. The van der Waals surface area contributed by atoms with Gasteiger partial charge in [-0.25, -0.2) is 0 Å². The SMILES string of the molecule is O=C(CC1c2ccccc2CCN1C1CCN(CCc2ccccc2)CC1)NC1CC1. The van der Waals surface area contributed by atoms with Crippen molar-refractivity contribution in [2.24, 2.45) is 0 Å². The number of carbonyl (C=O) groups is 1. The van der Waals surface area contributed by atoms with Crippen molar-refractivity contribution < 1.29 is 4.79 Å². The van der Waals surface area contributed by atoms with Gasteiger partial charge in [0.05, 0.1) is 0 Å². The number of fused-ring (bicyclic) bond motifs is 1. The van der Waals surface area contributed by atoms with Gasteiger partial charge in [-0.15, -0.1) is 0 Å². The van der Waals surface area contributed by atoms with Crippen LogP contribution >= 0.6 is 0 Å². The Labute approximate surface area is 186 Å². The number of rotatable bonds is 7. The van der Waals surface area contributed by atoms with Crippen LogP contribution in [0.4, 0.5) is 0 Å². The lowest BCUT2D eigenvalue weighted by atomic mass is 9.87. The highest BCUT2D eigenvalue weighted by molar-refractivity contribution is 5.77. The van der Waals surface area contributed by atoms with Gasteiger partial charge in [0.25, 0.3) is 0 Å². The standard InChI is InChI=1S/C27H35N3O/c31-27(28-23-10-11-23)20-26-25-9-5-4-8-22(25)13-19-30(26)24-14-17-29(18-15-24)16-12-21-6-2-1-3-7-21/h1-9,23-24,26H,10-20H2,(H,28,31). The third-order valence-electron chi connectivity index (χ3n) is 7.36. The lowest BCUT2D eigenvalue weighted by molar-refractivity contribution is -0.123. The van der Waals surface area contributed by atoms with E-state index in [0.717, 1.165) is 51.9 Å². The minimum atomic E-state index is 0.226. The number of piperidine rings is 1. The van der Waals surface area contributed by atoms with Crippen LogP contribution in [0.3, 0.4) is 0 Å². The first-order chi connectivity index (χ1) is 15.3. The van der Waals surface area contributed by atoms with Gasteiger partial charge in [0, 0.05) is 37.6 Å². The van der Waals surface area contributed by atoms with Gasteiger partial charge in [-0.3, -0.25) is 9.69 Å². The largest absolute Gasteiger partial charge is 0.353 e. The van der Waals surface area contributed by atoms with E-state index in [1.807, 2.05) is 0 Å². The quantitative estimate of drug-likeness (QED) is 0.741. The van der Waals surface area contributed by atoms with E-state index >= 15 is 0 Å². The first kappa shape index (κ1) is 20.7. The molecule has 3 aliphatic rings. The zero-order valence-electron chi connectivity index (χ0n) is 18.5. The van der Waals surface area contributed by atoms with Gasteiger partial charge in [0.1, 0.15) is 0 Å². The Hall–Kier alpha value is -2.17. The molecule has 2 aromatic carbocycles. The maximum Gasteiger partial charge on any atom is 0.222 e. The third kappa shape index (κ3) is 5.19. The van der Waals surface area contributed by atoms with E-state index in [-0.39, 0.29) is 11.9 Å². The van der Waals surface area contributed by atoms with Gasteiger partial charge in [0.2, 0.25) is 5.91 Å². The average molecular weight is 418 g/mol. The van der Waals surface area contributed by atoms with Crippen LogP contribution in [0.5, 0.6) is 0 Å². The zero-order chi connectivity index (χ0) is 21.0. The van der Waals surface area contributed by atoms with Gasteiger partial charge >= 0.3 is 0 Å². The maximum absolute atomic E-state index is 12.7. The van der Waals surface area contributed by atoms with E-state index in [0.29, 0.717) is 18.5 Å². The van der Waals surface area contributed by atoms with Gasteiger partial charge in [-0.05, 0) is 68.3 Å². The summed E-state index contributed by atoms with van der Waals surface area (Å²) in [6.07, 6.45) is 7.55. The predicted molar refractivity (Wildman–Crippen MR) is 125 cm³/mol. The number of benzene rings is 2. The fourth-order valence-electron chi connectivity index (χ4n) is 5.43. The van der Waals surface area contributed by atoms with Crippen LogP contribution in [0.1, 0.15) is 54.8 Å². The molecule has 1 unspecified atom stereocenters. The minimum absolute atomic E-state index is 0.226. The van der Waals surface area contributed by atoms with E-state index in [1.54, 1.807) is 0 Å². The Balaban J connectivity index is 1.21. The summed E-state index contributed by atoms with van der Waals surface area (Å²) in [5.41, 5.74) is 4.24. The molecule has 2 aromatic rings. The molecule has 5 rings (SSSR count). The molecule has 1 saturated heterocycles. The smallest absolute Gasteiger partial charge is 0.222 e. The third-order valence-corrected chi connectivity index (χ3v) is 7.36. The number of amides is 1. The van der Waals surface area contributed by atoms with Crippen LogP contribution in [0.25, 0.3) is 0 Å². The van der Waals surface area contributed by atoms with E-state index in [4.69, 9.17) is 0 Å². The normalized spacial score (nSPS) is 22.8. The van der Waals surface area contributed by atoms with Gasteiger partial charge in [0.15, 0.2) is 0 Å². The minimum Gasteiger partial charge on any atom is -0.353 e. The van der Waals surface area contributed by atoms with Crippen molar-refractivity contribution in [3.8, 4) is 0 Å². The van der Waals surface area contributed by atoms with Crippen molar-refractivity contribution in [3.63, 3.8) is 0 Å². The van der Waals surface area contributed by atoms with E-state index in [9.17, 15) is 4.79 Å². The summed E-state index contributed by atoms with van der Waals surface area (Å²) in [6.45, 7) is 4.55. The average Bonchev–Trinajstić information content (AvgIpc) is 3.63. The Kier molecular flexibility index (Phi) is 6.37. The zero-order valence-corrected chi connectivity index (χ0v) is 18.5. The second-order valence-electron chi connectivity index (χ2n) is 9.56. The van der Waals surface area contributed by atoms with Crippen LogP contribution in [-0.4, -0.2) is 54.0 Å². The second-order valence-corrected chi connectivity index (χ2v) is 9.56. The van der Waals surface area contributed by atoms with E-state index in [2.05, 4.69) is 69.7 Å². The van der Waals surface area contributed by atoms with Gasteiger partial charge in [-0.1, -0.05) is 54.6 Å². The highest BCUT2D eigenvalue weighted by atomic mass is 16.1. The van der Waals surface area contributed by atoms with Crippen LogP contribution < -0.4 is 5.32 Å². The number of hydrogen-bond donors (Lipinski definition) is 1. The molecule has 164 valence electrons. The molecule has 4 heteroatoms. The van der Waals surface area contributed by atoms with Crippen molar-refractivity contribution in [3.05, 3.63) is 71.3 Å². The predicted octanol–water partition coefficient (Wildman–Crippen LogP) is 3.96. The molecule has 4 nitrogen and oxygen atoms in total. The second kappa shape index (κ2) is 9.54. The number of carbonyl (C=O) groups excluding carboxylic acids is 1. The van der Waals surface area contributed by atoms with Crippen LogP contribution in [0, 0.1) is 0 Å². The fourth-order valence-corrected chi connectivity index (χ4v) is 5.43. The van der Waals surface area contributed by atoms with Crippen LogP contribution in [-0.2, 0) is 17.6 Å². The lowest BCUT2D eigenvalue weighted by Crippen LogP contribution is -2.49.